The molecule has 2 rings (SSSR count). The van der Waals surface area contributed by atoms with Gasteiger partial charge in [0.2, 0.25) is 5.91 Å². The van der Waals surface area contributed by atoms with E-state index in [9.17, 15) is 27.6 Å². The molecule has 25 heavy (non-hydrogen) atoms. The molecule has 0 aliphatic heterocycles. The van der Waals surface area contributed by atoms with E-state index in [2.05, 4.69) is 10.6 Å². The van der Waals surface area contributed by atoms with E-state index in [4.69, 9.17) is 0 Å². The van der Waals surface area contributed by atoms with Crippen molar-refractivity contribution in [2.45, 2.75) is 51.4 Å². The van der Waals surface area contributed by atoms with Gasteiger partial charge in [-0.1, -0.05) is 19.8 Å². The Labute approximate surface area is 142 Å². The molecule has 0 spiro atoms. The average molecular weight is 359 g/mol. The molecule has 1 fully saturated rings. The molecule has 3 amide bonds. The van der Waals surface area contributed by atoms with Gasteiger partial charge >= 0.3 is 12.2 Å². The lowest BCUT2D eigenvalue weighted by Gasteiger charge is -2.29. The molecular formula is C16H20F3N3O3. The third-order valence-electron chi connectivity index (χ3n) is 4.31. The Kier molecular flexibility index (Phi) is 5.86. The summed E-state index contributed by atoms with van der Waals surface area (Å²) < 4.78 is 38.6. The van der Waals surface area contributed by atoms with Crippen molar-refractivity contribution in [2.75, 3.05) is 0 Å². The molecule has 0 radical (unpaired) electrons. The number of amides is 3. The minimum Gasteiger partial charge on any atom is -0.335 e. The van der Waals surface area contributed by atoms with E-state index in [1.165, 1.54) is 0 Å². The first-order valence-electron chi connectivity index (χ1n) is 8.05. The number of hydrogen-bond donors (Lipinski definition) is 2. The number of rotatable bonds is 3. The molecule has 0 saturated heterocycles. The number of halogens is 3. The number of urea groups is 1. The highest BCUT2D eigenvalue weighted by molar-refractivity contribution is 5.94. The number of hydrogen-bond acceptors (Lipinski definition) is 3. The molecule has 9 heteroatoms. The maximum atomic E-state index is 12.7. The van der Waals surface area contributed by atoms with Gasteiger partial charge in [-0.15, -0.1) is 0 Å². The van der Waals surface area contributed by atoms with E-state index in [0.717, 1.165) is 31.7 Å². The molecule has 2 N–H and O–H groups in total. The lowest BCUT2D eigenvalue weighted by atomic mass is 9.86. The van der Waals surface area contributed by atoms with Crippen molar-refractivity contribution < 1.29 is 22.8 Å². The second-order valence-corrected chi connectivity index (χ2v) is 6.27. The van der Waals surface area contributed by atoms with Crippen LogP contribution in [0.4, 0.5) is 18.0 Å². The number of nitrogens with one attached hydrogen (secondary N) is 2. The van der Waals surface area contributed by atoms with Gasteiger partial charge in [-0.3, -0.25) is 14.9 Å². The van der Waals surface area contributed by atoms with Crippen molar-refractivity contribution in [1.82, 2.24) is 15.2 Å². The number of nitrogens with zero attached hydrogens (tertiary/aromatic N) is 1. The van der Waals surface area contributed by atoms with Crippen LogP contribution in [0.25, 0.3) is 0 Å². The van der Waals surface area contributed by atoms with Crippen LogP contribution in [0.1, 0.15) is 38.2 Å². The highest BCUT2D eigenvalue weighted by Gasteiger charge is 2.31. The molecule has 1 heterocycles. The molecule has 0 unspecified atom stereocenters. The number of carbonyl (C=O) groups excluding carboxylic acids is 2. The minimum absolute atomic E-state index is 0.0437. The van der Waals surface area contributed by atoms with Crippen LogP contribution in [-0.2, 0) is 17.5 Å². The molecule has 138 valence electrons. The van der Waals surface area contributed by atoms with Crippen molar-refractivity contribution in [1.29, 1.82) is 0 Å². The van der Waals surface area contributed by atoms with E-state index in [1.54, 1.807) is 0 Å². The molecule has 1 aromatic rings. The monoisotopic (exact) mass is 359 g/mol. The predicted octanol–water partition coefficient (Wildman–Crippen LogP) is 2.27. The number of alkyl halides is 3. The third-order valence-corrected chi connectivity index (χ3v) is 4.31. The smallest absolute Gasteiger partial charge is 0.335 e. The Morgan fingerprint density at radius 2 is 1.92 bits per heavy atom. The summed E-state index contributed by atoms with van der Waals surface area (Å²) in [5, 5.41) is 4.75. The van der Waals surface area contributed by atoms with Crippen molar-refractivity contribution in [3.05, 3.63) is 34.2 Å². The van der Waals surface area contributed by atoms with Crippen LogP contribution in [0.3, 0.4) is 0 Å². The topological polar surface area (TPSA) is 80.2 Å². The first kappa shape index (κ1) is 19.0. The van der Waals surface area contributed by atoms with Gasteiger partial charge in [-0.2, -0.15) is 13.2 Å². The summed E-state index contributed by atoms with van der Waals surface area (Å²) in [7, 11) is 0. The summed E-state index contributed by atoms with van der Waals surface area (Å²) >= 11 is 0. The molecular weight excluding hydrogens is 339 g/mol. The summed E-state index contributed by atoms with van der Waals surface area (Å²) in [6.45, 7) is 1.34. The summed E-state index contributed by atoms with van der Waals surface area (Å²) in [5.74, 6) is -0.567. The Hall–Kier alpha value is -2.32. The SMILES string of the molecule is C[C@@H]1CCCC[C@H]1NC(=O)NC(=O)Cn1cc(C(F)(F)F)ccc1=O. The van der Waals surface area contributed by atoms with Crippen molar-refractivity contribution >= 4 is 11.9 Å². The zero-order valence-electron chi connectivity index (χ0n) is 13.7. The second-order valence-electron chi connectivity index (χ2n) is 6.27. The molecule has 0 aromatic carbocycles. The van der Waals surface area contributed by atoms with Gasteiger partial charge in [0.1, 0.15) is 6.54 Å². The highest BCUT2D eigenvalue weighted by Crippen LogP contribution is 2.28. The van der Waals surface area contributed by atoms with Crippen LogP contribution < -0.4 is 16.2 Å². The van der Waals surface area contributed by atoms with Gasteiger partial charge in [0.25, 0.3) is 5.56 Å². The molecule has 1 aromatic heterocycles. The Morgan fingerprint density at radius 3 is 2.56 bits per heavy atom. The number of pyridine rings is 1. The van der Waals surface area contributed by atoms with Gasteiger partial charge in [0, 0.05) is 18.3 Å². The fourth-order valence-electron chi connectivity index (χ4n) is 2.88. The second kappa shape index (κ2) is 7.71. The molecule has 1 aliphatic carbocycles. The Balaban J connectivity index is 1.95. The van der Waals surface area contributed by atoms with Gasteiger partial charge in [0.05, 0.1) is 5.56 Å². The van der Waals surface area contributed by atoms with E-state index in [1.807, 2.05) is 6.92 Å². The van der Waals surface area contributed by atoms with Crippen molar-refractivity contribution in [3.8, 4) is 0 Å². The van der Waals surface area contributed by atoms with Gasteiger partial charge in [-0.05, 0) is 24.8 Å². The lowest BCUT2D eigenvalue weighted by molar-refractivity contribution is -0.138. The third kappa shape index (κ3) is 5.33. The zero-order chi connectivity index (χ0) is 18.6. The largest absolute Gasteiger partial charge is 0.417 e. The number of aromatic nitrogens is 1. The van der Waals surface area contributed by atoms with Crippen LogP contribution in [-0.4, -0.2) is 22.5 Å². The standard InChI is InChI=1S/C16H20F3N3O3/c1-10-4-2-3-5-12(10)20-15(25)21-13(23)9-22-8-11(16(17,18)19)6-7-14(22)24/h6-8,10,12H,2-5,9H2,1H3,(H2,20,21,23,25)/t10-,12-/m1/s1. The van der Waals surface area contributed by atoms with E-state index in [-0.39, 0.29) is 6.04 Å². The van der Waals surface area contributed by atoms with Crippen LogP contribution in [0.5, 0.6) is 0 Å². The highest BCUT2D eigenvalue weighted by atomic mass is 19.4. The average Bonchev–Trinajstić information content (AvgIpc) is 2.50. The van der Waals surface area contributed by atoms with Gasteiger partial charge in [-0.25, -0.2) is 4.79 Å². The predicted molar refractivity (Wildman–Crippen MR) is 83.8 cm³/mol. The minimum atomic E-state index is -4.62. The fraction of sp³-hybridized carbons (Fsp3) is 0.562. The molecule has 1 aliphatic rings. The van der Waals surface area contributed by atoms with Crippen LogP contribution in [0, 0.1) is 5.92 Å². The van der Waals surface area contributed by atoms with Crippen LogP contribution >= 0.6 is 0 Å². The summed E-state index contributed by atoms with van der Waals surface area (Å²) in [5.41, 5.74) is -1.80. The van der Waals surface area contributed by atoms with Crippen LogP contribution in [0.2, 0.25) is 0 Å². The maximum Gasteiger partial charge on any atom is 0.417 e. The van der Waals surface area contributed by atoms with E-state index in [0.29, 0.717) is 22.7 Å². The zero-order valence-corrected chi connectivity index (χ0v) is 13.7. The summed E-state index contributed by atoms with van der Waals surface area (Å²) in [6, 6.07) is 0.634. The van der Waals surface area contributed by atoms with E-state index >= 15 is 0 Å². The Bertz CT molecular complexity index is 700. The van der Waals surface area contributed by atoms with Gasteiger partial charge in [0.15, 0.2) is 0 Å². The molecule has 2 atom stereocenters. The summed E-state index contributed by atoms with van der Waals surface area (Å²) in [6.07, 6.45) is -0.181. The molecule has 1 saturated carbocycles. The lowest BCUT2D eigenvalue weighted by Crippen LogP contribution is -2.48. The van der Waals surface area contributed by atoms with Crippen molar-refractivity contribution in [2.24, 2.45) is 5.92 Å². The quantitative estimate of drug-likeness (QED) is 0.869. The first-order valence-corrected chi connectivity index (χ1v) is 8.05. The molecule has 0 bridgehead atoms. The van der Waals surface area contributed by atoms with E-state index < -0.39 is 35.8 Å². The molecule has 6 nitrogen and oxygen atoms in total. The fourth-order valence-corrected chi connectivity index (χ4v) is 2.88. The first-order chi connectivity index (χ1) is 11.7. The number of carbonyl (C=O) groups is 2. The van der Waals surface area contributed by atoms with Crippen molar-refractivity contribution in [3.63, 3.8) is 0 Å². The maximum absolute atomic E-state index is 12.7. The Morgan fingerprint density at radius 1 is 1.24 bits per heavy atom. The number of imide groups is 1. The summed E-state index contributed by atoms with van der Waals surface area (Å²) in [4.78, 5) is 35.3. The van der Waals surface area contributed by atoms with Crippen LogP contribution in [0.15, 0.2) is 23.1 Å². The van der Waals surface area contributed by atoms with Gasteiger partial charge < -0.3 is 9.88 Å². The normalized spacial score (nSPS) is 20.8.